The molecule has 0 amide bonds. The highest BCUT2D eigenvalue weighted by Gasteiger charge is 2.44. The zero-order chi connectivity index (χ0) is 46.4. The van der Waals surface area contributed by atoms with Gasteiger partial charge in [0, 0.05) is 13.0 Å². The van der Waals surface area contributed by atoms with Crippen LogP contribution in [0.2, 0.25) is 0 Å². The van der Waals surface area contributed by atoms with Gasteiger partial charge in [-0.15, -0.1) is 0 Å². The van der Waals surface area contributed by atoms with Crippen LogP contribution in [0.3, 0.4) is 0 Å². The zero-order valence-corrected chi connectivity index (χ0v) is 42.1. The number of allylic oxidation sites excluding steroid dienone is 2. The molecule has 4 N–H and O–H groups in total. The van der Waals surface area contributed by atoms with Gasteiger partial charge in [0.25, 0.3) is 0 Å². The molecular weight excluding hydrogens is 805 g/mol. The van der Waals surface area contributed by atoms with Gasteiger partial charge < -0.3 is 39.4 Å². The van der Waals surface area contributed by atoms with E-state index in [4.69, 9.17) is 18.9 Å². The fraction of sp³-hybridized carbons (Fsp3) is 0.945. The van der Waals surface area contributed by atoms with E-state index >= 15 is 0 Å². The lowest BCUT2D eigenvalue weighted by Gasteiger charge is -2.39. The van der Waals surface area contributed by atoms with Gasteiger partial charge in [-0.25, -0.2) is 0 Å². The van der Waals surface area contributed by atoms with Gasteiger partial charge in [0.2, 0.25) is 0 Å². The lowest BCUT2D eigenvalue weighted by atomic mass is 9.99. The maximum absolute atomic E-state index is 12.9. The molecular formula is C55H106O9. The van der Waals surface area contributed by atoms with Crippen LogP contribution in [0.25, 0.3) is 0 Å². The normalized spacial score (nSPS) is 19.5. The van der Waals surface area contributed by atoms with Crippen LogP contribution in [0.4, 0.5) is 0 Å². The first-order valence-corrected chi connectivity index (χ1v) is 27.8. The van der Waals surface area contributed by atoms with Gasteiger partial charge in [0.15, 0.2) is 6.29 Å². The van der Waals surface area contributed by atoms with E-state index in [1.54, 1.807) is 0 Å². The number of aliphatic hydroxyl groups is 4. The molecule has 0 aromatic carbocycles. The van der Waals surface area contributed by atoms with E-state index in [0.717, 1.165) is 32.1 Å². The molecule has 0 aliphatic carbocycles. The Morgan fingerprint density at radius 2 is 0.859 bits per heavy atom. The summed E-state index contributed by atoms with van der Waals surface area (Å²) in [7, 11) is 0. The second kappa shape index (κ2) is 47.0. The number of hydrogen-bond acceptors (Lipinski definition) is 9. The van der Waals surface area contributed by atoms with Crippen molar-refractivity contribution in [1.29, 1.82) is 0 Å². The van der Waals surface area contributed by atoms with E-state index in [9.17, 15) is 25.2 Å². The first-order valence-electron chi connectivity index (χ1n) is 27.8. The summed E-state index contributed by atoms with van der Waals surface area (Å²) in [6.45, 7) is 4.60. The largest absolute Gasteiger partial charge is 0.457 e. The summed E-state index contributed by atoms with van der Waals surface area (Å²) < 4.78 is 22.9. The maximum Gasteiger partial charge on any atom is 0.306 e. The minimum atomic E-state index is -1.53. The zero-order valence-electron chi connectivity index (χ0n) is 42.1. The number of carbonyl (C=O) groups excluding carboxylic acids is 1. The highest BCUT2D eigenvalue weighted by molar-refractivity contribution is 5.69. The molecule has 0 aromatic heterocycles. The Hall–Kier alpha value is -1.07. The molecule has 9 heteroatoms. The van der Waals surface area contributed by atoms with Gasteiger partial charge in [-0.3, -0.25) is 4.79 Å². The van der Waals surface area contributed by atoms with E-state index in [2.05, 4.69) is 26.0 Å². The molecule has 6 unspecified atom stereocenters. The van der Waals surface area contributed by atoms with E-state index in [0.29, 0.717) is 13.0 Å². The first kappa shape index (κ1) is 60.9. The molecule has 1 aliphatic rings. The SMILES string of the molecule is CCCCCCCC/C=C\CCCCCCCCOCC(COC1OC(CO)C(O)C(O)C1O)OC(=O)CCCCCCCCCCCCCCCCCCCCCCCCCCC. The number of esters is 1. The third kappa shape index (κ3) is 37.0. The average Bonchev–Trinajstić information content (AvgIpc) is 3.30. The number of carbonyl (C=O) groups is 1. The van der Waals surface area contributed by atoms with E-state index in [1.165, 1.54) is 218 Å². The van der Waals surface area contributed by atoms with Crippen molar-refractivity contribution in [3.63, 3.8) is 0 Å². The van der Waals surface area contributed by atoms with Crippen molar-refractivity contribution < 1.29 is 44.2 Å². The second-order valence-corrected chi connectivity index (χ2v) is 19.4. The standard InChI is InChI=1S/C55H106O9/c1-3-5-7-9-11-13-15-17-19-21-22-23-24-25-26-27-28-29-30-32-34-36-38-40-42-44-51(57)63-49(48-62-55-54(60)53(59)52(58)50(46-56)64-55)47-61-45-43-41-39-37-35-33-31-20-18-16-14-12-10-8-6-4-2/h18,20,49-50,52-56,58-60H,3-17,19,21-48H2,1-2H3/b20-18-. The van der Waals surface area contributed by atoms with Crippen molar-refractivity contribution in [3.8, 4) is 0 Å². The molecule has 0 bridgehead atoms. The van der Waals surface area contributed by atoms with Gasteiger partial charge in [-0.05, 0) is 38.5 Å². The molecule has 0 spiro atoms. The van der Waals surface area contributed by atoms with Crippen LogP contribution in [0, 0.1) is 0 Å². The van der Waals surface area contributed by atoms with Gasteiger partial charge in [-0.2, -0.15) is 0 Å². The molecule has 1 fully saturated rings. The van der Waals surface area contributed by atoms with E-state index in [1.807, 2.05) is 0 Å². The van der Waals surface area contributed by atoms with Crippen molar-refractivity contribution in [1.82, 2.24) is 0 Å². The summed E-state index contributed by atoms with van der Waals surface area (Å²) in [6.07, 6.45) is 48.3. The van der Waals surface area contributed by atoms with Gasteiger partial charge in [0.1, 0.15) is 30.5 Å². The highest BCUT2D eigenvalue weighted by atomic mass is 16.7. The van der Waals surface area contributed by atoms with Crippen molar-refractivity contribution in [3.05, 3.63) is 12.2 Å². The fourth-order valence-corrected chi connectivity index (χ4v) is 8.84. The molecule has 64 heavy (non-hydrogen) atoms. The lowest BCUT2D eigenvalue weighted by molar-refractivity contribution is -0.305. The third-order valence-electron chi connectivity index (χ3n) is 13.2. The Kier molecular flexibility index (Phi) is 44.8. The van der Waals surface area contributed by atoms with Gasteiger partial charge in [-0.1, -0.05) is 238 Å². The van der Waals surface area contributed by atoms with Gasteiger partial charge >= 0.3 is 5.97 Å². The lowest BCUT2D eigenvalue weighted by Crippen LogP contribution is -2.59. The third-order valence-corrected chi connectivity index (χ3v) is 13.2. The summed E-state index contributed by atoms with van der Waals surface area (Å²) in [6, 6.07) is 0. The summed E-state index contributed by atoms with van der Waals surface area (Å²) in [5.74, 6) is -0.308. The molecule has 6 atom stereocenters. The Morgan fingerprint density at radius 3 is 1.27 bits per heavy atom. The minimum absolute atomic E-state index is 0.110. The quantitative estimate of drug-likeness (QED) is 0.0267. The molecule has 9 nitrogen and oxygen atoms in total. The first-order chi connectivity index (χ1) is 31.4. The van der Waals surface area contributed by atoms with Crippen molar-refractivity contribution in [2.24, 2.45) is 0 Å². The summed E-state index contributed by atoms with van der Waals surface area (Å²) in [4.78, 5) is 12.9. The van der Waals surface area contributed by atoms with Gasteiger partial charge in [0.05, 0.1) is 19.8 Å². The van der Waals surface area contributed by atoms with Crippen LogP contribution < -0.4 is 0 Å². The number of hydrogen-bond donors (Lipinski definition) is 4. The maximum atomic E-state index is 12.9. The number of ether oxygens (including phenoxy) is 4. The summed E-state index contributed by atoms with van der Waals surface area (Å²) in [5, 5.41) is 40.3. The second-order valence-electron chi connectivity index (χ2n) is 19.4. The molecule has 1 heterocycles. The van der Waals surface area contributed by atoms with Crippen LogP contribution in [0.1, 0.15) is 271 Å². The Bertz CT molecular complexity index is 993. The molecule has 1 saturated heterocycles. The average molecular weight is 911 g/mol. The molecule has 0 radical (unpaired) electrons. The molecule has 380 valence electrons. The minimum Gasteiger partial charge on any atom is -0.457 e. The Labute approximate surface area is 395 Å². The Balaban J connectivity index is 2.13. The molecule has 1 rings (SSSR count). The molecule has 1 aliphatic heterocycles. The van der Waals surface area contributed by atoms with Crippen molar-refractivity contribution >= 4 is 5.97 Å². The van der Waals surface area contributed by atoms with Crippen LogP contribution in [0.5, 0.6) is 0 Å². The monoisotopic (exact) mass is 911 g/mol. The van der Waals surface area contributed by atoms with Crippen LogP contribution in [-0.2, 0) is 23.7 Å². The number of rotatable bonds is 49. The molecule has 0 saturated carbocycles. The smallest absolute Gasteiger partial charge is 0.306 e. The predicted molar refractivity (Wildman–Crippen MR) is 266 cm³/mol. The van der Waals surface area contributed by atoms with Crippen molar-refractivity contribution in [2.75, 3.05) is 26.4 Å². The molecule has 0 aromatic rings. The summed E-state index contributed by atoms with van der Waals surface area (Å²) in [5.41, 5.74) is 0. The van der Waals surface area contributed by atoms with Crippen LogP contribution in [0.15, 0.2) is 12.2 Å². The van der Waals surface area contributed by atoms with Crippen LogP contribution in [-0.4, -0.2) is 89.6 Å². The Morgan fingerprint density at radius 1 is 0.484 bits per heavy atom. The topological polar surface area (TPSA) is 135 Å². The predicted octanol–water partition coefficient (Wildman–Crippen LogP) is 13.9. The summed E-state index contributed by atoms with van der Waals surface area (Å²) >= 11 is 0. The van der Waals surface area contributed by atoms with Crippen LogP contribution >= 0.6 is 0 Å². The van der Waals surface area contributed by atoms with E-state index < -0.39 is 43.4 Å². The van der Waals surface area contributed by atoms with Crippen molar-refractivity contribution in [2.45, 2.75) is 307 Å². The number of aliphatic hydroxyl groups excluding tert-OH is 4. The van der Waals surface area contributed by atoms with E-state index in [-0.39, 0.29) is 19.2 Å². The number of unbranched alkanes of at least 4 members (excludes halogenated alkanes) is 36. The fourth-order valence-electron chi connectivity index (χ4n) is 8.84. The highest BCUT2D eigenvalue weighted by Crippen LogP contribution is 2.23.